The van der Waals surface area contributed by atoms with Gasteiger partial charge < -0.3 is 9.47 Å². The predicted octanol–water partition coefficient (Wildman–Crippen LogP) is 3.41. The average Bonchev–Trinajstić information content (AvgIpc) is 2.28. The van der Waals surface area contributed by atoms with Crippen LogP contribution in [0.4, 0.5) is 0 Å². The lowest BCUT2D eigenvalue weighted by atomic mass is 10.1. The molecule has 2 nitrogen and oxygen atoms in total. The molecule has 2 rings (SSSR count). The van der Waals surface area contributed by atoms with Crippen LogP contribution in [0.2, 0.25) is 0 Å². The molecule has 0 atom stereocenters. The molecular formula is C12H11O2S. The van der Waals surface area contributed by atoms with Crippen molar-refractivity contribution in [2.75, 3.05) is 14.2 Å². The summed E-state index contributed by atoms with van der Waals surface area (Å²) in [4.78, 5) is 0.781. The van der Waals surface area contributed by atoms with E-state index in [2.05, 4.69) is 0 Å². The molecule has 0 unspecified atom stereocenters. The maximum absolute atomic E-state index is 5.29. The second kappa shape index (κ2) is 3.95. The van der Waals surface area contributed by atoms with Crippen molar-refractivity contribution in [3.05, 3.63) is 30.3 Å². The molecule has 0 saturated heterocycles. The Labute approximate surface area is 94.2 Å². The van der Waals surface area contributed by atoms with E-state index in [0.717, 1.165) is 27.2 Å². The smallest absolute Gasteiger partial charge is 0.128 e. The van der Waals surface area contributed by atoms with Crippen LogP contribution in [0.25, 0.3) is 10.8 Å². The summed E-state index contributed by atoms with van der Waals surface area (Å²) in [6.07, 6.45) is 0. The molecular weight excluding hydrogens is 208 g/mol. The standard InChI is InChI=1S/C12H11O2S/c1-13-9-6-7-10(14-2)12-8(9)4-3-5-11(12)15/h3-7H,1-2H3. The lowest BCUT2D eigenvalue weighted by molar-refractivity contribution is 0.410. The van der Waals surface area contributed by atoms with Crippen molar-refractivity contribution in [1.29, 1.82) is 0 Å². The van der Waals surface area contributed by atoms with Crippen LogP contribution in [-0.2, 0) is 0 Å². The molecule has 0 aromatic heterocycles. The summed E-state index contributed by atoms with van der Waals surface area (Å²) in [6, 6.07) is 9.55. The minimum atomic E-state index is 0.781. The van der Waals surface area contributed by atoms with Crippen molar-refractivity contribution in [3.63, 3.8) is 0 Å². The van der Waals surface area contributed by atoms with E-state index in [1.165, 1.54) is 0 Å². The average molecular weight is 219 g/mol. The van der Waals surface area contributed by atoms with Crippen LogP contribution in [-0.4, -0.2) is 14.2 Å². The summed E-state index contributed by atoms with van der Waals surface area (Å²) in [5.41, 5.74) is 0. The fourth-order valence-corrected chi connectivity index (χ4v) is 1.95. The maximum Gasteiger partial charge on any atom is 0.128 e. The summed E-state index contributed by atoms with van der Waals surface area (Å²) < 4.78 is 10.6. The number of fused-ring (bicyclic) bond motifs is 1. The van der Waals surface area contributed by atoms with Crippen molar-refractivity contribution in [3.8, 4) is 11.5 Å². The Kier molecular flexibility index (Phi) is 2.64. The molecule has 2 aromatic rings. The second-order valence-electron chi connectivity index (χ2n) is 3.15. The fourth-order valence-electron chi connectivity index (χ4n) is 1.66. The van der Waals surface area contributed by atoms with Crippen LogP contribution in [0.3, 0.4) is 0 Å². The summed E-state index contributed by atoms with van der Waals surface area (Å²) in [6.45, 7) is 0. The molecule has 0 heterocycles. The lowest BCUT2D eigenvalue weighted by Crippen LogP contribution is -1.89. The summed E-state index contributed by atoms with van der Waals surface area (Å²) in [5, 5.41) is 1.93. The Bertz CT molecular complexity index is 494. The molecule has 0 spiro atoms. The first-order valence-electron chi connectivity index (χ1n) is 4.58. The molecule has 2 aromatic carbocycles. The van der Waals surface area contributed by atoms with Gasteiger partial charge in [-0.1, -0.05) is 24.8 Å². The zero-order valence-corrected chi connectivity index (χ0v) is 9.43. The van der Waals surface area contributed by atoms with Gasteiger partial charge in [0, 0.05) is 15.7 Å². The van der Waals surface area contributed by atoms with Gasteiger partial charge in [0.15, 0.2) is 0 Å². The van der Waals surface area contributed by atoms with Crippen molar-refractivity contribution in [1.82, 2.24) is 0 Å². The molecule has 0 aliphatic heterocycles. The Morgan fingerprint density at radius 2 is 1.60 bits per heavy atom. The lowest BCUT2D eigenvalue weighted by Gasteiger charge is -2.10. The van der Waals surface area contributed by atoms with Crippen molar-refractivity contribution in [2.24, 2.45) is 0 Å². The Morgan fingerprint density at radius 3 is 2.27 bits per heavy atom. The first-order chi connectivity index (χ1) is 7.27. The molecule has 0 aliphatic rings. The maximum atomic E-state index is 5.29. The van der Waals surface area contributed by atoms with Gasteiger partial charge in [0.2, 0.25) is 0 Å². The Balaban J connectivity index is 2.86. The van der Waals surface area contributed by atoms with Crippen molar-refractivity contribution >= 4 is 23.4 Å². The van der Waals surface area contributed by atoms with E-state index < -0.39 is 0 Å². The number of hydrogen-bond acceptors (Lipinski definition) is 2. The van der Waals surface area contributed by atoms with Gasteiger partial charge in [0.1, 0.15) is 11.5 Å². The fraction of sp³-hybridized carbons (Fsp3) is 0.167. The van der Waals surface area contributed by atoms with Crippen LogP contribution in [0, 0.1) is 0 Å². The molecule has 15 heavy (non-hydrogen) atoms. The largest absolute Gasteiger partial charge is 0.496 e. The third-order valence-corrected chi connectivity index (χ3v) is 2.70. The van der Waals surface area contributed by atoms with Gasteiger partial charge in [0.25, 0.3) is 0 Å². The highest BCUT2D eigenvalue weighted by molar-refractivity contribution is 7.80. The molecule has 0 amide bonds. The highest BCUT2D eigenvalue weighted by Gasteiger charge is 2.09. The minimum Gasteiger partial charge on any atom is -0.496 e. The van der Waals surface area contributed by atoms with Gasteiger partial charge in [-0.15, -0.1) is 0 Å². The first-order valence-corrected chi connectivity index (χ1v) is 4.99. The van der Waals surface area contributed by atoms with Crippen LogP contribution in [0.1, 0.15) is 0 Å². The Hall–Kier alpha value is -1.48. The van der Waals surface area contributed by atoms with Crippen LogP contribution in [0.5, 0.6) is 11.5 Å². The van der Waals surface area contributed by atoms with Gasteiger partial charge in [-0.05, 0) is 18.2 Å². The summed E-state index contributed by atoms with van der Waals surface area (Å²) in [5.74, 6) is 1.61. The van der Waals surface area contributed by atoms with E-state index in [4.69, 9.17) is 22.1 Å². The SMILES string of the molecule is COc1ccc(OC)c2c([S])cccc12. The van der Waals surface area contributed by atoms with Crippen LogP contribution in [0.15, 0.2) is 35.2 Å². The number of rotatable bonds is 2. The molecule has 0 N–H and O–H groups in total. The third-order valence-electron chi connectivity index (χ3n) is 2.36. The Morgan fingerprint density at radius 1 is 0.933 bits per heavy atom. The van der Waals surface area contributed by atoms with E-state index >= 15 is 0 Å². The molecule has 0 aliphatic carbocycles. The van der Waals surface area contributed by atoms with Crippen LogP contribution >= 0.6 is 12.6 Å². The predicted molar refractivity (Wildman–Crippen MR) is 62.9 cm³/mol. The summed E-state index contributed by atoms with van der Waals surface area (Å²) >= 11 is 5.28. The first kappa shape index (κ1) is 10.1. The molecule has 77 valence electrons. The highest BCUT2D eigenvalue weighted by Crippen LogP contribution is 2.36. The second-order valence-corrected chi connectivity index (χ2v) is 3.59. The topological polar surface area (TPSA) is 18.5 Å². The van der Waals surface area contributed by atoms with E-state index in [1.54, 1.807) is 14.2 Å². The quantitative estimate of drug-likeness (QED) is 0.770. The van der Waals surface area contributed by atoms with E-state index in [-0.39, 0.29) is 0 Å². The van der Waals surface area contributed by atoms with Gasteiger partial charge in [-0.2, -0.15) is 0 Å². The van der Waals surface area contributed by atoms with Gasteiger partial charge >= 0.3 is 0 Å². The number of hydrogen-bond donors (Lipinski definition) is 0. The highest BCUT2D eigenvalue weighted by atomic mass is 32.1. The molecule has 3 heteroatoms. The van der Waals surface area contributed by atoms with Gasteiger partial charge in [-0.25, -0.2) is 0 Å². The van der Waals surface area contributed by atoms with Crippen LogP contribution < -0.4 is 9.47 Å². The van der Waals surface area contributed by atoms with Gasteiger partial charge in [-0.3, -0.25) is 0 Å². The van der Waals surface area contributed by atoms with Gasteiger partial charge in [0.05, 0.1) is 14.2 Å². The molecule has 0 bridgehead atoms. The molecule has 1 radical (unpaired) electrons. The van der Waals surface area contributed by atoms with Crippen molar-refractivity contribution in [2.45, 2.75) is 4.90 Å². The van der Waals surface area contributed by atoms with E-state index in [9.17, 15) is 0 Å². The van der Waals surface area contributed by atoms with Crippen molar-refractivity contribution < 1.29 is 9.47 Å². The molecule has 0 saturated carbocycles. The number of ether oxygens (including phenoxy) is 2. The zero-order chi connectivity index (χ0) is 10.8. The minimum absolute atomic E-state index is 0.781. The number of benzene rings is 2. The molecule has 0 fully saturated rings. The van der Waals surface area contributed by atoms with E-state index in [1.807, 2.05) is 30.3 Å². The van der Waals surface area contributed by atoms with E-state index in [0.29, 0.717) is 0 Å². The number of methoxy groups -OCH3 is 2. The summed E-state index contributed by atoms with van der Waals surface area (Å²) in [7, 11) is 3.29. The zero-order valence-electron chi connectivity index (χ0n) is 8.61. The monoisotopic (exact) mass is 219 g/mol. The normalized spacial score (nSPS) is 10.3. The third kappa shape index (κ3) is 1.59.